The molecule has 0 N–H and O–H groups in total. The van der Waals surface area contributed by atoms with Crippen molar-refractivity contribution in [3.05, 3.63) is 71.8 Å². The lowest BCUT2D eigenvalue weighted by Crippen LogP contribution is -2.27. The molecule has 0 saturated heterocycles. The minimum atomic E-state index is -0.392. The van der Waals surface area contributed by atoms with Gasteiger partial charge in [0.05, 0.1) is 19.0 Å². The predicted octanol–water partition coefficient (Wildman–Crippen LogP) is 4.77. The molecule has 27 heavy (non-hydrogen) atoms. The first-order valence-corrected chi connectivity index (χ1v) is 8.72. The number of nitrogens with zero attached hydrogens (tertiary/aromatic N) is 2. The second kappa shape index (κ2) is 7.80. The Morgan fingerprint density at radius 2 is 1.93 bits per heavy atom. The third-order valence-electron chi connectivity index (χ3n) is 4.23. The van der Waals surface area contributed by atoms with Crippen molar-refractivity contribution >= 4 is 24.2 Å². The Bertz CT molecular complexity index is 987. The van der Waals surface area contributed by atoms with Crippen molar-refractivity contribution in [1.29, 1.82) is 0 Å². The molecule has 6 heteroatoms. The fourth-order valence-corrected chi connectivity index (χ4v) is 3.30. The summed E-state index contributed by atoms with van der Waals surface area (Å²) in [4.78, 5) is 19.4. The molecule has 1 aromatic heterocycles. The molecule has 0 aliphatic carbocycles. The predicted molar refractivity (Wildman–Crippen MR) is 107 cm³/mol. The number of thiol groups is 1. The van der Waals surface area contributed by atoms with Crippen molar-refractivity contribution in [1.82, 2.24) is 4.98 Å². The highest BCUT2D eigenvalue weighted by molar-refractivity contribution is 7.80. The SMILES string of the molecule is COc1cc(F)ccc1-c1ccncc1N(C)C(=O)c1cc(C)cc(S)c1. The number of benzene rings is 2. The van der Waals surface area contributed by atoms with E-state index in [0.29, 0.717) is 22.6 Å². The van der Waals surface area contributed by atoms with Gasteiger partial charge in [0.15, 0.2) is 0 Å². The van der Waals surface area contributed by atoms with Crippen LogP contribution in [0.5, 0.6) is 5.75 Å². The van der Waals surface area contributed by atoms with Gasteiger partial charge in [-0.1, -0.05) is 0 Å². The standard InChI is InChI=1S/C21H19FN2O2S/c1-13-8-14(10-16(27)9-13)21(25)24(2)19-12-23-7-6-17(19)18-5-4-15(22)11-20(18)26-3/h4-12,27H,1-3H3. The normalized spacial score (nSPS) is 10.6. The van der Waals surface area contributed by atoms with Crippen LogP contribution in [0.2, 0.25) is 0 Å². The van der Waals surface area contributed by atoms with Gasteiger partial charge in [-0.25, -0.2) is 4.39 Å². The Labute approximate surface area is 163 Å². The number of carbonyl (C=O) groups excluding carboxylic acids is 1. The van der Waals surface area contributed by atoms with Gasteiger partial charge in [0, 0.05) is 40.9 Å². The molecule has 0 aliphatic rings. The zero-order valence-corrected chi connectivity index (χ0v) is 16.1. The van der Waals surface area contributed by atoms with Gasteiger partial charge in [-0.2, -0.15) is 0 Å². The monoisotopic (exact) mass is 382 g/mol. The third-order valence-corrected chi connectivity index (χ3v) is 4.49. The number of rotatable bonds is 4. The first kappa shape index (κ1) is 18.9. The summed E-state index contributed by atoms with van der Waals surface area (Å²) in [6.45, 7) is 1.91. The molecule has 0 fully saturated rings. The smallest absolute Gasteiger partial charge is 0.258 e. The topological polar surface area (TPSA) is 42.4 Å². The van der Waals surface area contributed by atoms with Gasteiger partial charge in [-0.3, -0.25) is 9.78 Å². The van der Waals surface area contributed by atoms with E-state index in [9.17, 15) is 9.18 Å². The van der Waals surface area contributed by atoms with E-state index >= 15 is 0 Å². The molecule has 3 aromatic rings. The molecule has 0 bridgehead atoms. The lowest BCUT2D eigenvalue weighted by molar-refractivity contribution is 0.0992. The summed E-state index contributed by atoms with van der Waals surface area (Å²) in [5.41, 5.74) is 3.47. The van der Waals surface area contributed by atoms with Gasteiger partial charge in [0.1, 0.15) is 11.6 Å². The Morgan fingerprint density at radius 3 is 2.63 bits per heavy atom. The van der Waals surface area contributed by atoms with Crippen LogP contribution in [0, 0.1) is 12.7 Å². The number of anilines is 1. The Morgan fingerprint density at radius 1 is 1.15 bits per heavy atom. The van der Waals surface area contributed by atoms with E-state index in [2.05, 4.69) is 17.6 Å². The lowest BCUT2D eigenvalue weighted by atomic mass is 10.0. The first-order chi connectivity index (χ1) is 12.9. The maximum absolute atomic E-state index is 13.6. The molecule has 0 radical (unpaired) electrons. The van der Waals surface area contributed by atoms with Gasteiger partial charge in [0.25, 0.3) is 5.91 Å². The summed E-state index contributed by atoms with van der Waals surface area (Å²) >= 11 is 4.35. The maximum atomic E-state index is 13.6. The summed E-state index contributed by atoms with van der Waals surface area (Å²) in [5, 5.41) is 0. The summed E-state index contributed by atoms with van der Waals surface area (Å²) < 4.78 is 18.9. The summed E-state index contributed by atoms with van der Waals surface area (Å²) in [5.74, 6) is -0.197. The van der Waals surface area contributed by atoms with Gasteiger partial charge in [-0.15, -0.1) is 12.6 Å². The molecule has 0 spiro atoms. The van der Waals surface area contributed by atoms with Crippen molar-refractivity contribution in [2.24, 2.45) is 0 Å². The van der Waals surface area contributed by atoms with E-state index in [4.69, 9.17) is 4.74 Å². The van der Waals surface area contributed by atoms with Crippen LogP contribution in [0.4, 0.5) is 10.1 Å². The number of methoxy groups -OCH3 is 1. The molecule has 3 rings (SSSR count). The highest BCUT2D eigenvalue weighted by Gasteiger charge is 2.20. The van der Waals surface area contributed by atoms with Gasteiger partial charge in [-0.05, 0) is 48.9 Å². The van der Waals surface area contributed by atoms with Crippen molar-refractivity contribution in [2.75, 3.05) is 19.1 Å². The van der Waals surface area contributed by atoms with Crippen LogP contribution >= 0.6 is 12.6 Å². The van der Waals surface area contributed by atoms with Crippen molar-refractivity contribution in [3.63, 3.8) is 0 Å². The highest BCUT2D eigenvalue weighted by Crippen LogP contribution is 2.36. The van der Waals surface area contributed by atoms with E-state index in [0.717, 1.165) is 16.0 Å². The second-order valence-electron chi connectivity index (χ2n) is 6.16. The Hall–Kier alpha value is -2.86. The van der Waals surface area contributed by atoms with Gasteiger partial charge in [0.2, 0.25) is 0 Å². The number of halogens is 1. The molecule has 2 aromatic carbocycles. The third kappa shape index (κ3) is 3.95. The average Bonchev–Trinajstić information content (AvgIpc) is 2.66. The number of amides is 1. The number of aromatic nitrogens is 1. The first-order valence-electron chi connectivity index (χ1n) is 8.27. The molecule has 1 amide bonds. The Balaban J connectivity index is 2.07. The minimum Gasteiger partial charge on any atom is -0.496 e. The molecule has 1 heterocycles. The van der Waals surface area contributed by atoms with Crippen molar-refractivity contribution < 1.29 is 13.9 Å². The van der Waals surface area contributed by atoms with E-state index in [1.165, 1.54) is 24.1 Å². The number of carbonyl (C=O) groups is 1. The highest BCUT2D eigenvalue weighted by atomic mass is 32.1. The molecule has 4 nitrogen and oxygen atoms in total. The number of hydrogen-bond acceptors (Lipinski definition) is 4. The number of aryl methyl sites for hydroxylation is 1. The lowest BCUT2D eigenvalue weighted by Gasteiger charge is -2.21. The van der Waals surface area contributed by atoms with E-state index in [-0.39, 0.29) is 5.91 Å². The van der Waals surface area contributed by atoms with Crippen LogP contribution in [0.25, 0.3) is 11.1 Å². The van der Waals surface area contributed by atoms with Crippen molar-refractivity contribution in [3.8, 4) is 16.9 Å². The fraction of sp³-hybridized carbons (Fsp3) is 0.143. The number of ether oxygens (including phenoxy) is 1. The molecular formula is C21H19FN2O2S. The fourth-order valence-electron chi connectivity index (χ4n) is 2.96. The molecular weight excluding hydrogens is 363 g/mol. The van der Waals surface area contributed by atoms with E-state index < -0.39 is 5.82 Å². The number of pyridine rings is 1. The molecule has 0 aliphatic heterocycles. The second-order valence-corrected chi connectivity index (χ2v) is 6.68. The van der Waals surface area contributed by atoms with E-state index in [1.807, 2.05) is 19.1 Å². The van der Waals surface area contributed by atoms with Crippen LogP contribution in [0.3, 0.4) is 0 Å². The van der Waals surface area contributed by atoms with Crippen LogP contribution < -0.4 is 9.64 Å². The summed E-state index contributed by atoms with van der Waals surface area (Å²) in [6.07, 6.45) is 3.23. The molecule has 138 valence electrons. The summed E-state index contributed by atoms with van der Waals surface area (Å²) in [7, 11) is 3.16. The van der Waals surface area contributed by atoms with Crippen LogP contribution in [-0.2, 0) is 0 Å². The quantitative estimate of drug-likeness (QED) is 0.661. The van der Waals surface area contributed by atoms with Crippen LogP contribution in [0.1, 0.15) is 15.9 Å². The van der Waals surface area contributed by atoms with Crippen LogP contribution in [-0.4, -0.2) is 25.0 Å². The molecule has 0 saturated carbocycles. The average molecular weight is 382 g/mol. The zero-order chi connectivity index (χ0) is 19.6. The number of hydrogen-bond donors (Lipinski definition) is 1. The van der Waals surface area contributed by atoms with Crippen molar-refractivity contribution in [2.45, 2.75) is 11.8 Å². The van der Waals surface area contributed by atoms with E-state index in [1.54, 1.807) is 37.6 Å². The molecule has 0 atom stereocenters. The van der Waals surface area contributed by atoms with Gasteiger partial charge >= 0.3 is 0 Å². The Kier molecular flexibility index (Phi) is 5.46. The van der Waals surface area contributed by atoms with Crippen LogP contribution in [0.15, 0.2) is 59.8 Å². The maximum Gasteiger partial charge on any atom is 0.258 e. The molecule has 0 unspecified atom stereocenters. The summed E-state index contributed by atoms with van der Waals surface area (Å²) in [6, 6.07) is 11.5. The van der Waals surface area contributed by atoms with Gasteiger partial charge < -0.3 is 9.64 Å². The minimum absolute atomic E-state index is 0.190. The zero-order valence-electron chi connectivity index (χ0n) is 15.2. The largest absolute Gasteiger partial charge is 0.496 e.